The van der Waals surface area contributed by atoms with Gasteiger partial charge in [0.15, 0.2) is 0 Å². The lowest BCUT2D eigenvalue weighted by atomic mass is 10.1. The fraction of sp³-hybridized carbons (Fsp3) is 0.267. The normalized spacial score (nSPS) is 27.2. The van der Waals surface area contributed by atoms with Crippen LogP contribution in [0.3, 0.4) is 0 Å². The highest BCUT2D eigenvalue weighted by Gasteiger charge is 2.54. The maximum atomic E-state index is 12.8. The minimum atomic E-state index is -1.07. The van der Waals surface area contributed by atoms with Gasteiger partial charge in [0.05, 0.1) is 4.88 Å². The van der Waals surface area contributed by atoms with Crippen molar-refractivity contribution in [2.75, 3.05) is 0 Å². The summed E-state index contributed by atoms with van der Waals surface area (Å²) in [6, 6.07) is 12.9. The van der Waals surface area contributed by atoms with E-state index in [2.05, 4.69) is 0 Å². The van der Waals surface area contributed by atoms with Crippen LogP contribution in [0.15, 0.2) is 47.8 Å². The van der Waals surface area contributed by atoms with Gasteiger partial charge in [0, 0.05) is 12.5 Å². The van der Waals surface area contributed by atoms with Gasteiger partial charge in [0.2, 0.25) is 5.71 Å². The second kappa shape index (κ2) is 4.70. The fourth-order valence-corrected chi connectivity index (χ4v) is 3.58. The van der Waals surface area contributed by atoms with Gasteiger partial charge in [-0.3, -0.25) is 0 Å². The van der Waals surface area contributed by atoms with Crippen molar-refractivity contribution in [3.63, 3.8) is 0 Å². The summed E-state index contributed by atoms with van der Waals surface area (Å²) in [5, 5.41) is 26.4. The number of rotatable bonds is 2. The van der Waals surface area contributed by atoms with Crippen molar-refractivity contribution in [2.45, 2.75) is 25.6 Å². The summed E-state index contributed by atoms with van der Waals surface area (Å²) in [4.78, 5) is 0.827. The van der Waals surface area contributed by atoms with Gasteiger partial charge in [-0.15, -0.1) is 16.4 Å². The predicted octanol–water partition coefficient (Wildman–Crippen LogP) is 3.01. The Balaban J connectivity index is 2.17. The van der Waals surface area contributed by atoms with Gasteiger partial charge >= 0.3 is 0 Å². The zero-order valence-electron chi connectivity index (χ0n) is 11.4. The first-order chi connectivity index (χ1) is 9.56. The minimum absolute atomic E-state index is 0.359. The third-order valence-corrected chi connectivity index (χ3v) is 4.95. The van der Waals surface area contributed by atoms with Gasteiger partial charge in [0.25, 0.3) is 5.66 Å². The second-order valence-electron chi connectivity index (χ2n) is 5.06. The summed E-state index contributed by atoms with van der Waals surface area (Å²) in [7, 11) is 0. The number of hydrogen-bond donors (Lipinski definition) is 1. The summed E-state index contributed by atoms with van der Waals surface area (Å²) < 4.78 is 0.929. The second-order valence-corrected chi connectivity index (χ2v) is 6.01. The van der Waals surface area contributed by atoms with Gasteiger partial charge in [0.1, 0.15) is 6.04 Å². The van der Waals surface area contributed by atoms with Crippen LogP contribution in [-0.4, -0.2) is 26.8 Å². The molecule has 0 fully saturated rings. The van der Waals surface area contributed by atoms with Gasteiger partial charge in [-0.2, -0.15) is 4.74 Å². The molecule has 0 bridgehead atoms. The summed E-state index contributed by atoms with van der Waals surface area (Å²) in [6.45, 7) is 3.59. The Morgan fingerprint density at radius 2 is 1.95 bits per heavy atom. The van der Waals surface area contributed by atoms with Crippen LogP contribution in [-0.2, 0) is 5.66 Å². The number of benzene rings is 1. The molecular weight excluding hydrogens is 272 g/mol. The van der Waals surface area contributed by atoms with Crippen molar-refractivity contribution in [3.05, 3.63) is 63.5 Å². The van der Waals surface area contributed by atoms with Crippen LogP contribution in [0.5, 0.6) is 0 Å². The third-order valence-electron chi connectivity index (χ3n) is 3.88. The molecule has 1 aliphatic heterocycles. The van der Waals surface area contributed by atoms with Crippen LogP contribution in [0.4, 0.5) is 0 Å². The van der Waals surface area contributed by atoms with E-state index in [0.717, 1.165) is 20.2 Å². The number of hydrogen-bond acceptors (Lipinski definition) is 4. The molecule has 1 N–H and O–H groups in total. The number of thiophene rings is 1. The average Bonchev–Trinajstić information content (AvgIpc) is 3.05. The third kappa shape index (κ3) is 1.71. The topological polar surface area (TPSA) is 49.5 Å². The molecule has 5 heteroatoms. The van der Waals surface area contributed by atoms with E-state index in [4.69, 9.17) is 0 Å². The zero-order chi connectivity index (χ0) is 14.3. The van der Waals surface area contributed by atoms with E-state index >= 15 is 0 Å². The first-order valence-electron chi connectivity index (χ1n) is 6.48. The standard InChI is InChI=1S/C15H16N2O2S/c1-11-14(12-7-4-3-5-8-12)17(19)15(2,16(11)18)13-9-6-10-20-13/h3-11,18H,1-2H3. The number of hydroxylamine groups is 3. The Hall–Kier alpha value is -1.69. The Morgan fingerprint density at radius 3 is 2.55 bits per heavy atom. The Labute approximate surface area is 121 Å². The molecule has 20 heavy (non-hydrogen) atoms. The fourth-order valence-electron chi connectivity index (χ4n) is 2.72. The van der Waals surface area contributed by atoms with E-state index in [-0.39, 0.29) is 6.04 Å². The maximum Gasteiger partial charge on any atom is 0.283 e. The molecule has 0 aliphatic carbocycles. The largest absolute Gasteiger partial charge is 0.622 e. The molecule has 0 saturated carbocycles. The molecule has 2 heterocycles. The molecule has 0 radical (unpaired) electrons. The lowest BCUT2D eigenvalue weighted by molar-refractivity contribution is -0.594. The SMILES string of the molecule is CC1C(c2ccccc2)=[N+]([O-])C(C)(c2cccs2)N1O. The van der Waals surface area contributed by atoms with Crippen molar-refractivity contribution < 1.29 is 9.95 Å². The quantitative estimate of drug-likeness (QED) is 0.682. The van der Waals surface area contributed by atoms with Gasteiger partial charge < -0.3 is 10.4 Å². The van der Waals surface area contributed by atoms with Gasteiger partial charge in [-0.05, 0) is 30.5 Å². The van der Waals surface area contributed by atoms with E-state index in [1.807, 2.05) is 54.8 Å². The lowest BCUT2D eigenvalue weighted by Gasteiger charge is -2.28. The molecule has 3 rings (SSSR count). The van der Waals surface area contributed by atoms with E-state index in [0.29, 0.717) is 5.71 Å². The molecule has 2 unspecified atom stereocenters. The molecule has 1 aliphatic rings. The Kier molecular flexibility index (Phi) is 3.12. The Morgan fingerprint density at radius 1 is 1.25 bits per heavy atom. The first-order valence-corrected chi connectivity index (χ1v) is 7.36. The highest BCUT2D eigenvalue weighted by atomic mass is 32.1. The van der Waals surface area contributed by atoms with Crippen LogP contribution in [0.1, 0.15) is 24.3 Å². The van der Waals surface area contributed by atoms with E-state index < -0.39 is 5.66 Å². The van der Waals surface area contributed by atoms with Crippen molar-refractivity contribution in [1.29, 1.82) is 0 Å². The smallest absolute Gasteiger partial charge is 0.283 e. The summed E-state index contributed by atoms with van der Waals surface area (Å²) in [5.74, 6) is 0. The molecule has 1 aromatic carbocycles. The average molecular weight is 288 g/mol. The first kappa shape index (κ1) is 13.3. The van der Waals surface area contributed by atoms with Crippen LogP contribution in [0, 0.1) is 5.21 Å². The maximum absolute atomic E-state index is 12.8. The van der Waals surface area contributed by atoms with Crippen molar-refractivity contribution >= 4 is 17.0 Å². The molecule has 2 aromatic rings. The van der Waals surface area contributed by atoms with Crippen LogP contribution in [0.2, 0.25) is 0 Å². The lowest BCUT2D eigenvalue weighted by Crippen LogP contribution is -2.45. The van der Waals surface area contributed by atoms with Gasteiger partial charge in [-0.1, -0.05) is 24.3 Å². The van der Waals surface area contributed by atoms with Crippen molar-refractivity contribution in [2.24, 2.45) is 0 Å². The summed E-state index contributed by atoms with van der Waals surface area (Å²) in [5.41, 5.74) is 0.358. The van der Waals surface area contributed by atoms with E-state index in [1.165, 1.54) is 11.3 Å². The van der Waals surface area contributed by atoms with E-state index in [9.17, 15) is 10.4 Å². The van der Waals surface area contributed by atoms with Crippen LogP contribution in [0.25, 0.3) is 0 Å². The molecule has 2 atom stereocenters. The Bertz CT molecular complexity index is 639. The van der Waals surface area contributed by atoms with Crippen LogP contribution < -0.4 is 0 Å². The van der Waals surface area contributed by atoms with E-state index in [1.54, 1.807) is 6.92 Å². The molecule has 0 saturated heterocycles. The summed E-state index contributed by atoms with van der Waals surface area (Å²) in [6.07, 6.45) is 0. The van der Waals surface area contributed by atoms with Crippen molar-refractivity contribution in [1.82, 2.24) is 5.06 Å². The molecule has 0 spiro atoms. The zero-order valence-corrected chi connectivity index (χ0v) is 12.2. The molecule has 0 amide bonds. The highest BCUT2D eigenvalue weighted by Crippen LogP contribution is 2.38. The molecular formula is C15H16N2O2S. The molecule has 4 nitrogen and oxygen atoms in total. The minimum Gasteiger partial charge on any atom is -0.622 e. The predicted molar refractivity (Wildman–Crippen MR) is 78.9 cm³/mol. The van der Waals surface area contributed by atoms with Crippen LogP contribution >= 0.6 is 11.3 Å². The van der Waals surface area contributed by atoms with Crippen molar-refractivity contribution in [3.8, 4) is 0 Å². The molecule has 104 valence electrons. The highest BCUT2D eigenvalue weighted by molar-refractivity contribution is 7.10. The monoisotopic (exact) mass is 288 g/mol. The van der Waals surface area contributed by atoms with Gasteiger partial charge in [-0.25, -0.2) is 0 Å². The number of nitrogens with zero attached hydrogens (tertiary/aromatic N) is 2. The summed E-state index contributed by atoms with van der Waals surface area (Å²) >= 11 is 1.47. The molecule has 1 aromatic heterocycles.